The monoisotopic (exact) mass is 203 g/mol. The molecular formula is C11H13N3O. The summed E-state index contributed by atoms with van der Waals surface area (Å²) in [6.45, 7) is 2.03. The van der Waals surface area contributed by atoms with Gasteiger partial charge in [-0.05, 0) is 18.6 Å². The molecule has 0 aliphatic rings. The van der Waals surface area contributed by atoms with Gasteiger partial charge in [0.15, 0.2) is 0 Å². The van der Waals surface area contributed by atoms with Crippen molar-refractivity contribution in [1.82, 2.24) is 4.98 Å². The maximum absolute atomic E-state index is 11.3. The van der Waals surface area contributed by atoms with Crippen molar-refractivity contribution in [2.45, 2.75) is 26.2 Å². The van der Waals surface area contributed by atoms with Gasteiger partial charge in [-0.2, -0.15) is 5.26 Å². The van der Waals surface area contributed by atoms with Crippen molar-refractivity contribution in [1.29, 1.82) is 5.26 Å². The molecule has 4 nitrogen and oxygen atoms in total. The lowest BCUT2D eigenvalue weighted by Gasteiger charge is -2.02. The Balaban J connectivity index is 2.50. The highest BCUT2D eigenvalue weighted by molar-refractivity contribution is 5.89. The molecule has 1 heterocycles. The van der Waals surface area contributed by atoms with Crippen molar-refractivity contribution in [3.63, 3.8) is 0 Å². The first-order valence-corrected chi connectivity index (χ1v) is 4.92. The summed E-state index contributed by atoms with van der Waals surface area (Å²) in [7, 11) is 0. The highest BCUT2D eigenvalue weighted by atomic mass is 16.1. The van der Waals surface area contributed by atoms with Crippen LogP contribution in [-0.4, -0.2) is 10.9 Å². The molecule has 0 aliphatic carbocycles. The van der Waals surface area contributed by atoms with Crippen LogP contribution in [0.15, 0.2) is 18.3 Å². The molecular weight excluding hydrogens is 190 g/mol. The number of rotatable bonds is 4. The predicted molar refractivity (Wildman–Crippen MR) is 57.1 cm³/mol. The third-order valence-corrected chi connectivity index (χ3v) is 1.92. The Kier molecular flexibility index (Phi) is 4.30. The fourth-order valence-corrected chi connectivity index (χ4v) is 1.08. The highest BCUT2D eigenvalue weighted by Crippen LogP contribution is 2.05. The second kappa shape index (κ2) is 5.76. The Morgan fingerprint density at radius 1 is 1.60 bits per heavy atom. The van der Waals surface area contributed by atoms with E-state index in [-0.39, 0.29) is 5.91 Å². The molecule has 78 valence electrons. The maximum Gasteiger partial charge on any atom is 0.225 e. The number of anilines is 1. The molecule has 1 aromatic heterocycles. The van der Waals surface area contributed by atoms with E-state index in [2.05, 4.69) is 10.3 Å². The molecule has 0 spiro atoms. The Morgan fingerprint density at radius 3 is 2.93 bits per heavy atom. The Morgan fingerprint density at radius 2 is 2.40 bits per heavy atom. The van der Waals surface area contributed by atoms with Crippen LogP contribution in [-0.2, 0) is 4.79 Å². The summed E-state index contributed by atoms with van der Waals surface area (Å²) in [4.78, 5) is 15.3. The second-order valence-electron chi connectivity index (χ2n) is 3.20. The lowest BCUT2D eigenvalue weighted by molar-refractivity contribution is -0.116. The molecule has 4 heteroatoms. The van der Waals surface area contributed by atoms with E-state index in [0.717, 1.165) is 12.8 Å². The number of aromatic nitrogens is 1. The molecule has 1 amide bonds. The second-order valence-corrected chi connectivity index (χ2v) is 3.20. The van der Waals surface area contributed by atoms with E-state index in [1.54, 1.807) is 12.1 Å². The number of unbranched alkanes of at least 4 members (excludes halogenated alkanes) is 1. The number of carbonyl (C=O) groups is 1. The zero-order chi connectivity index (χ0) is 11.1. The first kappa shape index (κ1) is 11.2. The third-order valence-electron chi connectivity index (χ3n) is 1.92. The van der Waals surface area contributed by atoms with Crippen LogP contribution in [0.2, 0.25) is 0 Å². The smallest absolute Gasteiger partial charge is 0.225 e. The van der Waals surface area contributed by atoms with Gasteiger partial charge in [0.1, 0.15) is 11.9 Å². The highest BCUT2D eigenvalue weighted by Gasteiger charge is 2.01. The van der Waals surface area contributed by atoms with Gasteiger partial charge in [0.05, 0.1) is 5.56 Å². The third kappa shape index (κ3) is 3.77. The van der Waals surface area contributed by atoms with E-state index in [1.807, 2.05) is 13.0 Å². The molecule has 0 atom stereocenters. The molecule has 0 saturated heterocycles. The molecule has 15 heavy (non-hydrogen) atoms. The van der Waals surface area contributed by atoms with Gasteiger partial charge in [-0.1, -0.05) is 13.3 Å². The number of hydrogen-bond donors (Lipinski definition) is 1. The van der Waals surface area contributed by atoms with Crippen molar-refractivity contribution >= 4 is 11.7 Å². The molecule has 1 aromatic rings. The quantitative estimate of drug-likeness (QED) is 0.814. The fraction of sp³-hybridized carbons (Fsp3) is 0.364. The summed E-state index contributed by atoms with van der Waals surface area (Å²) in [6, 6.07) is 5.22. The molecule has 0 aromatic carbocycles. The predicted octanol–water partition coefficient (Wildman–Crippen LogP) is 2.08. The van der Waals surface area contributed by atoms with E-state index < -0.39 is 0 Å². The Bertz CT molecular complexity index is 364. The normalized spacial score (nSPS) is 9.33. The number of hydrogen-bond acceptors (Lipinski definition) is 3. The van der Waals surface area contributed by atoms with Crippen LogP contribution in [0.1, 0.15) is 31.7 Å². The van der Waals surface area contributed by atoms with Crippen LogP contribution in [0, 0.1) is 11.3 Å². The van der Waals surface area contributed by atoms with Crippen LogP contribution in [0.4, 0.5) is 5.82 Å². The summed E-state index contributed by atoms with van der Waals surface area (Å²) in [5.74, 6) is 0.462. The van der Waals surface area contributed by atoms with Gasteiger partial charge >= 0.3 is 0 Å². The topological polar surface area (TPSA) is 65.8 Å². The van der Waals surface area contributed by atoms with Gasteiger partial charge in [0, 0.05) is 12.6 Å². The Labute approximate surface area is 88.9 Å². The minimum Gasteiger partial charge on any atom is -0.311 e. The molecule has 0 fully saturated rings. The zero-order valence-electron chi connectivity index (χ0n) is 8.66. The van der Waals surface area contributed by atoms with E-state index in [9.17, 15) is 4.79 Å². The van der Waals surface area contributed by atoms with Crippen LogP contribution in [0.25, 0.3) is 0 Å². The average Bonchev–Trinajstić information content (AvgIpc) is 2.27. The average molecular weight is 203 g/mol. The largest absolute Gasteiger partial charge is 0.311 e. The number of pyridine rings is 1. The van der Waals surface area contributed by atoms with Crippen molar-refractivity contribution in [3.05, 3.63) is 23.9 Å². The number of amides is 1. The zero-order valence-corrected chi connectivity index (χ0v) is 8.66. The molecule has 0 aliphatic heterocycles. The van der Waals surface area contributed by atoms with E-state index in [1.165, 1.54) is 6.20 Å². The van der Waals surface area contributed by atoms with Crippen molar-refractivity contribution < 1.29 is 4.79 Å². The lowest BCUT2D eigenvalue weighted by Crippen LogP contribution is -2.11. The fourth-order valence-electron chi connectivity index (χ4n) is 1.08. The van der Waals surface area contributed by atoms with Gasteiger partial charge in [-0.3, -0.25) is 4.79 Å². The number of nitrogens with one attached hydrogen (secondary N) is 1. The van der Waals surface area contributed by atoms with E-state index in [0.29, 0.717) is 17.8 Å². The van der Waals surface area contributed by atoms with Gasteiger partial charge in [0.25, 0.3) is 0 Å². The van der Waals surface area contributed by atoms with Crippen LogP contribution < -0.4 is 5.32 Å². The molecule has 0 radical (unpaired) electrons. The van der Waals surface area contributed by atoms with Crippen molar-refractivity contribution in [3.8, 4) is 6.07 Å². The SMILES string of the molecule is CCCCC(=O)Nc1ccc(C#N)cn1. The molecule has 0 bridgehead atoms. The van der Waals surface area contributed by atoms with E-state index >= 15 is 0 Å². The molecule has 0 unspecified atom stereocenters. The van der Waals surface area contributed by atoms with Gasteiger partial charge in [-0.25, -0.2) is 4.98 Å². The van der Waals surface area contributed by atoms with Crippen molar-refractivity contribution in [2.75, 3.05) is 5.32 Å². The minimum atomic E-state index is -0.0333. The Hall–Kier alpha value is -1.89. The lowest BCUT2D eigenvalue weighted by atomic mass is 10.2. The van der Waals surface area contributed by atoms with Gasteiger partial charge in [-0.15, -0.1) is 0 Å². The first-order chi connectivity index (χ1) is 7.26. The summed E-state index contributed by atoms with van der Waals surface area (Å²) < 4.78 is 0. The first-order valence-electron chi connectivity index (χ1n) is 4.92. The van der Waals surface area contributed by atoms with Crippen molar-refractivity contribution in [2.24, 2.45) is 0 Å². The standard InChI is InChI=1S/C11H13N3O/c1-2-3-4-11(15)14-10-6-5-9(7-12)8-13-10/h5-6,8H,2-4H2,1H3,(H,13,14,15). The van der Waals surface area contributed by atoms with E-state index in [4.69, 9.17) is 5.26 Å². The number of nitriles is 1. The summed E-state index contributed by atoms with van der Waals surface area (Å²) in [5, 5.41) is 11.2. The summed E-state index contributed by atoms with van der Waals surface area (Å²) in [5.41, 5.74) is 0.488. The molecule has 1 N–H and O–H groups in total. The molecule has 0 saturated carbocycles. The number of nitrogens with zero attached hydrogens (tertiary/aromatic N) is 2. The molecule has 1 rings (SSSR count). The summed E-state index contributed by atoms with van der Waals surface area (Å²) in [6.07, 6.45) is 3.82. The van der Waals surface area contributed by atoms with Gasteiger partial charge in [0.2, 0.25) is 5.91 Å². The van der Waals surface area contributed by atoms with Crippen LogP contribution >= 0.6 is 0 Å². The summed E-state index contributed by atoms with van der Waals surface area (Å²) >= 11 is 0. The number of carbonyl (C=O) groups excluding carboxylic acids is 1. The van der Waals surface area contributed by atoms with Gasteiger partial charge < -0.3 is 5.32 Å². The van der Waals surface area contributed by atoms with Crippen LogP contribution in [0.5, 0.6) is 0 Å². The maximum atomic E-state index is 11.3. The minimum absolute atomic E-state index is 0.0333. The van der Waals surface area contributed by atoms with Crippen LogP contribution in [0.3, 0.4) is 0 Å².